The Morgan fingerprint density at radius 3 is 2.67 bits per heavy atom. The van der Waals surface area contributed by atoms with E-state index in [1.54, 1.807) is 0 Å². The van der Waals surface area contributed by atoms with E-state index in [1.165, 1.54) is 18.3 Å². The van der Waals surface area contributed by atoms with Crippen LogP contribution >= 0.6 is 0 Å². The van der Waals surface area contributed by atoms with Crippen LogP contribution in [0.25, 0.3) is 0 Å². The van der Waals surface area contributed by atoms with Crippen molar-refractivity contribution in [2.75, 3.05) is 16.8 Å². The summed E-state index contributed by atoms with van der Waals surface area (Å²) in [5, 5.41) is 13.6. The first-order valence-corrected chi connectivity index (χ1v) is 7.36. The minimum atomic E-state index is -2.90. The molecule has 0 saturated carbocycles. The molecule has 0 radical (unpaired) electrons. The molecule has 0 aliphatic carbocycles. The lowest BCUT2D eigenvalue weighted by molar-refractivity contribution is -0.384. The van der Waals surface area contributed by atoms with E-state index in [0.717, 1.165) is 0 Å². The molecule has 8 heteroatoms. The van der Waals surface area contributed by atoms with Crippen molar-refractivity contribution in [1.82, 2.24) is 4.98 Å². The highest BCUT2D eigenvalue weighted by Crippen LogP contribution is 2.19. The number of nitrogens with zero attached hydrogens (tertiary/aromatic N) is 2. The van der Waals surface area contributed by atoms with Gasteiger partial charge in [-0.25, -0.2) is 13.4 Å². The van der Waals surface area contributed by atoms with Gasteiger partial charge in [0.25, 0.3) is 5.69 Å². The van der Waals surface area contributed by atoms with Gasteiger partial charge in [0, 0.05) is 18.3 Å². The van der Waals surface area contributed by atoms with Crippen molar-refractivity contribution in [1.29, 1.82) is 0 Å². The number of pyridine rings is 1. The van der Waals surface area contributed by atoms with Crippen LogP contribution in [-0.4, -0.2) is 35.9 Å². The van der Waals surface area contributed by atoms with Gasteiger partial charge >= 0.3 is 0 Å². The van der Waals surface area contributed by atoms with E-state index in [4.69, 9.17) is 0 Å². The van der Waals surface area contributed by atoms with Gasteiger partial charge in [0.1, 0.15) is 15.7 Å². The van der Waals surface area contributed by atoms with Crippen molar-refractivity contribution < 1.29 is 13.3 Å². The normalized spacial score (nSPS) is 19.3. The zero-order valence-electron chi connectivity index (χ0n) is 9.57. The van der Waals surface area contributed by atoms with E-state index in [-0.39, 0.29) is 23.2 Å². The smallest absolute Gasteiger partial charge is 0.274 e. The maximum atomic E-state index is 11.3. The molecule has 0 spiro atoms. The van der Waals surface area contributed by atoms with E-state index in [1.807, 2.05) is 0 Å². The molecule has 0 atom stereocenters. The van der Waals surface area contributed by atoms with Gasteiger partial charge in [0.15, 0.2) is 0 Å². The third-order valence-electron chi connectivity index (χ3n) is 2.86. The lowest BCUT2D eigenvalue weighted by Gasteiger charge is -2.23. The summed E-state index contributed by atoms with van der Waals surface area (Å²) in [6, 6.07) is 2.67. The van der Waals surface area contributed by atoms with Crippen molar-refractivity contribution in [3.63, 3.8) is 0 Å². The molecule has 1 aliphatic rings. The SMILES string of the molecule is O=[N+]([O-])c1ccnc(NC2CCS(=O)(=O)CC2)c1. The van der Waals surface area contributed by atoms with Crippen LogP contribution in [0.1, 0.15) is 12.8 Å². The Balaban J connectivity index is 2.02. The number of hydrogen-bond donors (Lipinski definition) is 1. The molecule has 98 valence electrons. The van der Waals surface area contributed by atoms with Gasteiger partial charge in [0.2, 0.25) is 0 Å². The Hall–Kier alpha value is -1.70. The van der Waals surface area contributed by atoms with Crippen LogP contribution in [0.3, 0.4) is 0 Å². The molecule has 0 amide bonds. The second-order valence-electron chi connectivity index (χ2n) is 4.23. The number of aromatic nitrogens is 1. The van der Waals surface area contributed by atoms with Crippen molar-refractivity contribution >= 4 is 21.3 Å². The molecule has 1 aromatic heterocycles. The summed E-state index contributed by atoms with van der Waals surface area (Å²) in [6.45, 7) is 0. The van der Waals surface area contributed by atoms with Gasteiger partial charge in [-0.1, -0.05) is 0 Å². The fourth-order valence-electron chi connectivity index (χ4n) is 1.86. The summed E-state index contributed by atoms with van der Waals surface area (Å²) in [6.07, 6.45) is 2.37. The van der Waals surface area contributed by atoms with E-state index in [0.29, 0.717) is 18.7 Å². The second-order valence-corrected chi connectivity index (χ2v) is 6.53. The summed E-state index contributed by atoms with van der Waals surface area (Å²) in [7, 11) is -2.90. The molecule has 1 aliphatic heterocycles. The fourth-order valence-corrected chi connectivity index (χ4v) is 3.35. The summed E-state index contributed by atoms with van der Waals surface area (Å²) in [5.41, 5.74) is -0.0315. The van der Waals surface area contributed by atoms with Gasteiger partial charge in [-0.05, 0) is 12.8 Å². The van der Waals surface area contributed by atoms with Gasteiger partial charge < -0.3 is 5.32 Å². The molecule has 7 nitrogen and oxygen atoms in total. The van der Waals surface area contributed by atoms with Crippen LogP contribution in [0.4, 0.5) is 11.5 Å². The summed E-state index contributed by atoms with van der Waals surface area (Å²) < 4.78 is 22.5. The number of nitrogens with one attached hydrogen (secondary N) is 1. The summed E-state index contributed by atoms with van der Waals surface area (Å²) >= 11 is 0. The third kappa shape index (κ3) is 3.16. The van der Waals surface area contributed by atoms with E-state index in [9.17, 15) is 18.5 Å². The number of sulfone groups is 1. The number of anilines is 1. The van der Waals surface area contributed by atoms with Crippen LogP contribution in [0, 0.1) is 10.1 Å². The molecule has 0 bridgehead atoms. The molecule has 0 unspecified atom stereocenters. The quantitative estimate of drug-likeness (QED) is 0.649. The van der Waals surface area contributed by atoms with Crippen molar-refractivity contribution in [3.8, 4) is 0 Å². The lowest BCUT2D eigenvalue weighted by atomic mass is 10.1. The number of nitro groups is 1. The first kappa shape index (κ1) is 12.7. The molecule has 1 N–H and O–H groups in total. The molecule has 2 rings (SSSR count). The van der Waals surface area contributed by atoms with Gasteiger partial charge in [0.05, 0.1) is 22.5 Å². The maximum Gasteiger partial charge on any atom is 0.274 e. The van der Waals surface area contributed by atoms with Crippen molar-refractivity contribution in [3.05, 3.63) is 28.4 Å². The largest absolute Gasteiger partial charge is 0.367 e. The summed E-state index contributed by atoms with van der Waals surface area (Å²) in [4.78, 5) is 14.1. The van der Waals surface area contributed by atoms with E-state index in [2.05, 4.69) is 10.3 Å². The van der Waals surface area contributed by atoms with Crippen molar-refractivity contribution in [2.45, 2.75) is 18.9 Å². The highest BCUT2D eigenvalue weighted by Gasteiger charge is 2.23. The van der Waals surface area contributed by atoms with Crippen LogP contribution in [0.15, 0.2) is 18.3 Å². The van der Waals surface area contributed by atoms with Gasteiger partial charge in [-0.3, -0.25) is 10.1 Å². The number of hydrogen-bond acceptors (Lipinski definition) is 6. The molecule has 0 aromatic carbocycles. The Bertz CT molecular complexity index is 544. The predicted octanol–water partition coefficient (Wildman–Crippen LogP) is 0.979. The van der Waals surface area contributed by atoms with Crippen molar-refractivity contribution in [2.24, 2.45) is 0 Å². The standard InChI is InChI=1S/C10H13N3O4S/c14-13(15)9-1-4-11-10(7-9)12-8-2-5-18(16,17)6-3-8/h1,4,7-8H,2-3,5-6H2,(H,11,12). The zero-order valence-corrected chi connectivity index (χ0v) is 10.4. The van der Waals surface area contributed by atoms with E-state index < -0.39 is 14.8 Å². The highest BCUT2D eigenvalue weighted by molar-refractivity contribution is 7.91. The van der Waals surface area contributed by atoms with Crippen LogP contribution in [0.2, 0.25) is 0 Å². The molecule has 1 saturated heterocycles. The van der Waals surface area contributed by atoms with Gasteiger partial charge in [-0.15, -0.1) is 0 Å². The Kier molecular flexibility index (Phi) is 3.46. The Morgan fingerprint density at radius 1 is 1.39 bits per heavy atom. The second kappa shape index (κ2) is 4.89. The molecular formula is C10H13N3O4S. The van der Waals surface area contributed by atoms with E-state index >= 15 is 0 Å². The first-order valence-electron chi connectivity index (χ1n) is 5.54. The molecule has 2 heterocycles. The fraction of sp³-hybridized carbons (Fsp3) is 0.500. The Labute approximate surface area is 104 Å². The van der Waals surface area contributed by atoms with Gasteiger partial charge in [-0.2, -0.15) is 0 Å². The highest BCUT2D eigenvalue weighted by atomic mass is 32.2. The zero-order chi connectivity index (χ0) is 13.2. The minimum Gasteiger partial charge on any atom is -0.367 e. The minimum absolute atomic E-state index is 0.00280. The third-order valence-corrected chi connectivity index (χ3v) is 4.58. The molecular weight excluding hydrogens is 258 g/mol. The predicted molar refractivity (Wildman–Crippen MR) is 66.2 cm³/mol. The average Bonchev–Trinajstić information content (AvgIpc) is 2.32. The average molecular weight is 271 g/mol. The van der Waals surface area contributed by atoms with Crippen LogP contribution in [0.5, 0.6) is 0 Å². The molecule has 1 fully saturated rings. The first-order chi connectivity index (χ1) is 8.46. The lowest BCUT2D eigenvalue weighted by Crippen LogP contribution is -2.32. The Morgan fingerprint density at radius 2 is 2.06 bits per heavy atom. The molecule has 18 heavy (non-hydrogen) atoms. The van der Waals surface area contributed by atoms with Crippen LogP contribution in [-0.2, 0) is 9.84 Å². The topological polar surface area (TPSA) is 102 Å². The number of rotatable bonds is 3. The molecule has 1 aromatic rings. The maximum absolute atomic E-state index is 11.3. The van der Waals surface area contributed by atoms with Crippen LogP contribution < -0.4 is 5.32 Å². The summed E-state index contributed by atoms with van der Waals surface area (Å²) in [5.74, 6) is 0.715. The monoisotopic (exact) mass is 271 g/mol.